The topological polar surface area (TPSA) is 38.1 Å². The van der Waals surface area contributed by atoms with Gasteiger partial charge in [-0.1, -0.05) is 6.07 Å². The van der Waals surface area contributed by atoms with Crippen LogP contribution >= 0.6 is 0 Å². The highest BCUT2D eigenvalue weighted by molar-refractivity contribution is 5.12. The third kappa shape index (κ3) is 2.70. The Morgan fingerprint density at radius 2 is 2.31 bits per heavy atom. The van der Waals surface area contributed by atoms with Crippen LogP contribution in [0.1, 0.15) is 23.7 Å². The van der Waals surface area contributed by atoms with Crippen LogP contribution in [0.3, 0.4) is 0 Å². The molecule has 2 aromatic rings. The zero-order valence-corrected chi connectivity index (χ0v) is 9.39. The number of hydrogen-bond acceptors (Lipinski definition) is 3. The van der Waals surface area contributed by atoms with E-state index in [0.717, 1.165) is 18.5 Å². The van der Waals surface area contributed by atoms with E-state index in [0.29, 0.717) is 6.04 Å². The van der Waals surface area contributed by atoms with Gasteiger partial charge in [0.05, 0.1) is 12.5 Å². The van der Waals surface area contributed by atoms with Crippen molar-refractivity contribution in [2.24, 2.45) is 0 Å². The van der Waals surface area contributed by atoms with E-state index in [-0.39, 0.29) is 0 Å². The van der Waals surface area contributed by atoms with E-state index in [1.165, 1.54) is 5.56 Å². The summed E-state index contributed by atoms with van der Waals surface area (Å²) in [4.78, 5) is 4.32. The molecule has 0 saturated carbocycles. The molecule has 2 rings (SSSR count). The van der Waals surface area contributed by atoms with Gasteiger partial charge in [0.25, 0.3) is 0 Å². The molecule has 1 atom stereocenters. The maximum atomic E-state index is 5.09. The average molecular weight is 216 g/mol. The summed E-state index contributed by atoms with van der Waals surface area (Å²) >= 11 is 0. The predicted molar refractivity (Wildman–Crippen MR) is 63.1 cm³/mol. The first kappa shape index (κ1) is 10.9. The van der Waals surface area contributed by atoms with Crippen molar-refractivity contribution < 1.29 is 4.42 Å². The van der Waals surface area contributed by atoms with Gasteiger partial charge in [-0.15, -0.1) is 0 Å². The van der Waals surface area contributed by atoms with Gasteiger partial charge in [-0.2, -0.15) is 0 Å². The Morgan fingerprint density at radius 1 is 1.38 bits per heavy atom. The van der Waals surface area contributed by atoms with Crippen molar-refractivity contribution in [2.75, 3.05) is 7.05 Å². The monoisotopic (exact) mass is 216 g/mol. The quantitative estimate of drug-likeness (QED) is 0.834. The normalized spacial score (nSPS) is 12.6. The molecule has 3 nitrogen and oxygen atoms in total. The lowest BCUT2D eigenvalue weighted by atomic mass is 10.0. The number of aromatic nitrogens is 1. The van der Waals surface area contributed by atoms with E-state index < -0.39 is 0 Å². The van der Waals surface area contributed by atoms with Gasteiger partial charge in [-0.25, -0.2) is 0 Å². The molecule has 16 heavy (non-hydrogen) atoms. The first-order valence-corrected chi connectivity index (χ1v) is 5.49. The number of nitrogens with zero attached hydrogens (tertiary/aromatic N) is 1. The van der Waals surface area contributed by atoms with E-state index >= 15 is 0 Å². The van der Waals surface area contributed by atoms with E-state index in [9.17, 15) is 0 Å². The minimum Gasteiger partial charge on any atom is -0.472 e. The molecule has 0 aliphatic rings. The van der Waals surface area contributed by atoms with Crippen molar-refractivity contribution in [2.45, 2.75) is 18.9 Å². The van der Waals surface area contributed by atoms with Gasteiger partial charge in [0.2, 0.25) is 0 Å². The number of nitrogens with one attached hydrogen (secondary N) is 1. The Bertz CT molecular complexity index is 397. The molecule has 0 amide bonds. The van der Waals surface area contributed by atoms with E-state index in [2.05, 4.69) is 16.4 Å². The predicted octanol–water partition coefficient (Wildman–Crippen LogP) is 2.57. The van der Waals surface area contributed by atoms with Gasteiger partial charge < -0.3 is 9.73 Å². The molecule has 2 aromatic heterocycles. The summed E-state index contributed by atoms with van der Waals surface area (Å²) in [6.07, 6.45) is 7.33. The molecule has 84 valence electrons. The molecule has 0 fully saturated rings. The molecule has 0 radical (unpaired) electrons. The van der Waals surface area contributed by atoms with Crippen LogP contribution in [-0.4, -0.2) is 12.0 Å². The molecule has 0 aliphatic carbocycles. The summed E-state index contributed by atoms with van der Waals surface area (Å²) in [7, 11) is 1.97. The maximum absolute atomic E-state index is 5.09. The van der Waals surface area contributed by atoms with Crippen molar-refractivity contribution in [3.05, 3.63) is 54.2 Å². The second kappa shape index (κ2) is 5.47. The SMILES string of the molecule is CNC(CCc1ccccn1)c1ccoc1. The summed E-state index contributed by atoms with van der Waals surface area (Å²) in [6, 6.07) is 8.35. The second-order valence-electron chi connectivity index (χ2n) is 3.76. The highest BCUT2D eigenvalue weighted by Crippen LogP contribution is 2.18. The first-order valence-electron chi connectivity index (χ1n) is 5.49. The number of aryl methyl sites for hydroxylation is 1. The molecule has 0 aromatic carbocycles. The van der Waals surface area contributed by atoms with Crippen LogP contribution in [0.4, 0.5) is 0 Å². The van der Waals surface area contributed by atoms with Gasteiger partial charge in [0.15, 0.2) is 0 Å². The van der Waals surface area contributed by atoms with Gasteiger partial charge in [-0.3, -0.25) is 4.98 Å². The summed E-state index contributed by atoms with van der Waals surface area (Å²) in [5, 5.41) is 3.29. The Kier molecular flexibility index (Phi) is 3.72. The van der Waals surface area contributed by atoms with E-state index in [1.807, 2.05) is 31.4 Å². The summed E-state index contributed by atoms with van der Waals surface area (Å²) < 4.78 is 5.09. The van der Waals surface area contributed by atoms with Crippen molar-refractivity contribution in [3.8, 4) is 0 Å². The third-order valence-corrected chi connectivity index (χ3v) is 2.71. The Hall–Kier alpha value is -1.61. The van der Waals surface area contributed by atoms with E-state index in [1.54, 1.807) is 12.5 Å². The van der Waals surface area contributed by atoms with Crippen LogP contribution in [0, 0.1) is 0 Å². The van der Waals surface area contributed by atoms with Crippen molar-refractivity contribution >= 4 is 0 Å². The van der Waals surface area contributed by atoms with Crippen LogP contribution in [0.15, 0.2) is 47.4 Å². The fourth-order valence-electron chi connectivity index (χ4n) is 1.79. The first-order chi connectivity index (χ1) is 7.90. The van der Waals surface area contributed by atoms with Gasteiger partial charge >= 0.3 is 0 Å². The van der Waals surface area contributed by atoms with Crippen molar-refractivity contribution in [1.29, 1.82) is 0 Å². The maximum Gasteiger partial charge on any atom is 0.0950 e. The number of hydrogen-bond donors (Lipinski definition) is 1. The molecule has 2 heterocycles. The van der Waals surface area contributed by atoms with Crippen LogP contribution in [0.25, 0.3) is 0 Å². The molecule has 0 spiro atoms. The summed E-state index contributed by atoms with van der Waals surface area (Å²) in [6.45, 7) is 0. The third-order valence-electron chi connectivity index (χ3n) is 2.71. The van der Waals surface area contributed by atoms with Crippen LogP contribution in [0.2, 0.25) is 0 Å². The number of pyridine rings is 1. The van der Waals surface area contributed by atoms with Crippen molar-refractivity contribution in [1.82, 2.24) is 10.3 Å². The minimum absolute atomic E-state index is 0.334. The highest BCUT2D eigenvalue weighted by Gasteiger charge is 2.10. The Labute approximate surface area is 95.5 Å². The average Bonchev–Trinajstić information content (AvgIpc) is 2.85. The molecule has 1 N–H and O–H groups in total. The van der Waals surface area contributed by atoms with Gasteiger partial charge in [0.1, 0.15) is 0 Å². The lowest BCUT2D eigenvalue weighted by molar-refractivity contribution is 0.522. The lowest BCUT2D eigenvalue weighted by Crippen LogP contribution is -2.16. The Balaban J connectivity index is 1.94. The zero-order valence-electron chi connectivity index (χ0n) is 9.39. The minimum atomic E-state index is 0.334. The van der Waals surface area contributed by atoms with Crippen molar-refractivity contribution in [3.63, 3.8) is 0 Å². The lowest BCUT2D eigenvalue weighted by Gasteiger charge is -2.13. The second-order valence-corrected chi connectivity index (χ2v) is 3.76. The molecule has 0 aliphatic heterocycles. The Morgan fingerprint density at radius 3 is 2.94 bits per heavy atom. The largest absolute Gasteiger partial charge is 0.472 e. The number of furan rings is 1. The van der Waals surface area contributed by atoms with Crippen LogP contribution in [0.5, 0.6) is 0 Å². The molecule has 0 bridgehead atoms. The van der Waals surface area contributed by atoms with E-state index in [4.69, 9.17) is 4.42 Å². The van der Waals surface area contributed by atoms with Crippen LogP contribution in [-0.2, 0) is 6.42 Å². The molecule has 3 heteroatoms. The molecule has 1 unspecified atom stereocenters. The fourth-order valence-corrected chi connectivity index (χ4v) is 1.79. The summed E-state index contributed by atoms with van der Waals surface area (Å²) in [5.41, 5.74) is 2.32. The summed E-state index contributed by atoms with van der Waals surface area (Å²) in [5.74, 6) is 0. The van der Waals surface area contributed by atoms with Gasteiger partial charge in [-0.05, 0) is 38.1 Å². The molecular weight excluding hydrogens is 200 g/mol. The zero-order chi connectivity index (χ0) is 11.2. The fraction of sp³-hybridized carbons (Fsp3) is 0.308. The van der Waals surface area contributed by atoms with Gasteiger partial charge in [0, 0.05) is 23.5 Å². The smallest absolute Gasteiger partial charge is 0.0950 e. The highest BCUT2D eigenvalue weighted by atomic mass is 16.3. The number of rotatable bonds is 5. The van der Waals surface area contributed by atoms with Crippen LogP contribution < -0.4 is 5.32 Å². The molecular formula is C13H16N2O. The molecule has 0 saturated heterocycles. The standard InChI is InChI=1S/C13H16N2O/c1-14-13(11-7-9-16-10-11)6-5-12-4-2-3-8-15-12/h2-4,7-10,13-14H,5-6H2,1H3.